The van der Waals surface area contributed by atoms with Gasteiger partial charge in [0.15, 0.2) is 0 Å². The molecule has 1 N–H and O–H groups in total. The Labute approximate surface area is 115 Å². The Morgan fingerprint density at radius 1 is 1.42 bits per heavy atom. The Kier molecular flexibility index (Phi) is 5.99. The molecule has 1 aromatic rings. The molecule has 0 aliphatic carbocycles. The van der Waals surface area contributed by atoms with Gasteiger partial charge in [-0.15, -0.1) is 0 Å². The second-order valence-electron chi connectivity index (χ2n) is 4.99. The minimum absolute atomic E-state index is 0.00357. The number of methoxy groups -OCH3 is 1. The average molecular weight is 265 g/mol. The molecule has 0 aromatic heterocycles. The van der Waals surface area contributed by atoms with Crippen LogP contribution in [-0.4, -0.2) is 49.3 Å². The van der Waals surface area contributed by atoms with Gasteiger partial charge in [-0.3, -0.25) is 4.79 Å². The van der Waals surface area contributed by atoms with Gasteiger partial charge in [-0.2, -0.15) is 0 Å². The Morgan fingerprint density at radius 2 is 2.11 bits per heavy atom. The largest absolute Gasteiger partial charge is 0.389 e. The number of rotatable bonds is 6. The zero-order chi connectivity index (χ0) is 14.4. The summed E-state index contributed by atoms with van der Waals surface area (Å²) in [6, 6.07) is 6.10. The first kappa shape index (κ1) is 15.7. The van der Waals surface area contributed by atoms with Crippen LogP contribution in [0.1, 0.15) is 16.7 Å². The maximum absolute atomic E-state index is 12.1. The molecule has 106 valence electrons. The first-order valence-electron chi connectivity index (χ1n) is 6.41. The number of hydrogen-bond donors (Lipinski definition) is 1. The first-order valence-corrected chi connectivity index (χ1v) is 6.41. The molecule has 0 radical (unpaired) electrons. The van der Waals surface area contributed by atoms with Crippen molar-refractivity contribution in [3.63, 3.8) is 0 Å². The lowest BCUT2D eigenvalue weighted by molar-refractivity contribution is -0.130. The van der Waals surface area contributed by atoms with Gasteiger partial charge in [-0.1, -0.05) is 23.8 Å². The maximum Gasteiger partial charge on any atom is 0.226 e. The number of benzene rings is 1. The fraction of sp³-hybridized carbons (Fsp3) is 0.533. The van der Waals surface area contributed by atoms with Crippen molar-refractivity contribution in [2.75, 3.05) is 27.3 Å². The monoisotopic (exact) mass is 265 g/mol. The normalized spacial score (nSPS) is 12.3. The van der Waals surface area contributed by atoms with E-state index in [0.717, 1.165) is 16.7 Å². The third kappa shape index (κ3) is 5.01. The number of aliphatic hydroxyl groups excluding tert-OH is 1. The number of aliphatic hydroxyl groups is 1. The van der Waals surface area contributed by atoms with Gasteiger partial charge in [0.1, 0.15) is 0 Å². The van der Waals surface area contributed by atoms with Crippen LogP contribution in [0.25, 0.3) is 0 Å². The molecule has 0 heterocycles. The van der Waals surface area contributed by atoms with E-state index in [1.807, 2.05) is 32.0 Å². The quantitative estimate of drug-likeness (QED) is 0.843. The van der Waals surface area contributed by atoms with Crippen LogP contribution in [0, 0.1) is 13.8 Å². The zero-order valence-electron chi connectivity index (χ0n) is 12.1. The summed E-state index contributed by atoms with van der Waals surface area (Å²) in [5, 5.41) is 9.61. The molecule has 0 saturated heterocycles. The van der Waals surface area contributed by atoms with Crippen LogP contribution in [0.5, 0.6) is 0 Å². The topological polar surface area (TPSA) is 49.8 Å². The van der Waals surface area contributed by atoms with Gasteiger partial charge in [0.25, 0.3) is 0 Å². The summed E-state index contributed by atoms with van der Waals surface area (Å²) in [6.07, 6.45) is -0.276. The molecule has 1 atom stereocenters. The second kappa shape index (κ2) is 7.26. The highest BCUT2D eigenvalue weighted by Gasteiger charge is 2.14. The second-order valence-corrected chi connectivity index (χ2v) is 4.99. The number of amides is 1. The lowest BCUT2D eigenvalue weighted by Crippen LogP contribution is -2.37. The van der Waals surface area contributed by atoms with Crippen molar-refractivity contribution in [3.05, 3.63) is 34.9 Å². The zero-order valence-corrected chi connectivity index (χ0v) is 12.1. The molecule has 0 aliphatic rings. The molecule has 1 aromatic carbocycles. The molecule has 4 heteroatoms. The molecule has 0 bridgehead atoms. The Bertz CT molecular complexity index is 431. The van der Waals surface area contributed by atoms with E-state index in [-0.39, 0.29) is 19.1 Å². The van der Waals surface area contributed by atoms with Gasteiger partial charge < -0.3 is 14.7 Å². The molecule has 1 amide bonds. The highest BCUT2D eigenvalue weighted by atomic mass is 16.5. The van der Waals surface area contributed by atoms with E-state index in [4.69, 9.17) is 4.74 Å². The van der Waals surface area contributed by atoms with Crippen LogP contribution in [0.4, 0.5) is 0 Å². The summed E-state index contributed by atoms with van der Waals surface area (Å²) in [4.78, 5) is 13.6. The van der Waals surface area contributed by atoms with E-state index in [1.165, 1.54) is 7.11 Å². The van der Waals surface area contributed by atoms with Crippen LogP contribution in [0.3, 0.4) is 0 Å². The Hall–Kier alpha value is -1.39. The van der Waals surface area contributed by atoms with Crippen molar-refractivity contribution >= 4 is 5.91 Å². The molecule has 0 aliphatic heterocycles. The Morgan fingerprint density at radius 3 is 2.74 bits per heavy atom. The van der Waals surface area contributed by atoms with Crippen LogP contribution in [-0.2, 0) is 16.0 Å². The third-order valence-corrected chi connectivity index (χ3v) is 3.12. The number of carbonyl (C=O) groups is 1. The highest BCUT2D eigenvalue weighted by molar-refractivity contribution is 5.79. The van der Waals surface area contributed by atoms with Gasteiger partial charge in [-0.25, -0.2) is 0 Å². The standard InChI is InChI=1S/C15H23NO3/c1-11-5-6-12(2)13(7-11)8-15(18)16(3)9-14(17)10-19-4/h5-7,14,17H,8-10H2,1-4H3. The van der Waals surface area contributed by atoms with Crippen LogP contribution in [0.2, 0.25) is 0 Å². The summed E-state index contributed by atoms with van der Waals surface area (Å²) < 4.78 is 4.85. The van der Waals surface area contributed by atoms with Crippen molar-refractivity contribution in [2.24, 2.45) is 0 Å². The molecule has 0 spiro atoms. The molecule has 1 unspecified atom stereocenters. The molecule has 4 nitrogen and oxygen atoms in total. The minimum Gasteiger partial charge on any atom is -0.389 e. The van der Waals surface area contributed by atoms with E-state index >= 15 is 0 Å². The van der Waals surface area contributed by atoms with Gasteiger partial charge >= 0.3 is 0 Å². The van der Waals surface area contributed by atoms with Crippen LogP contribution in [0.15, 0.2) is 18.2 Å². The number of likely N-dealkylation sites (N-methyl/N-ethyl adjacent to an activating group) is 1. The van der Waals surface area contributed by atoms with E-state index in [1.54, 1.807) is 11.9 Å². The number of nitrogens with zero attached hydrogens (tertiary/aromatic N) is 1. The molecule has 0 saturated carbocycles. The third-order valence-electron chi connectivity index (χ3n) is 3.12. The number of aryl methyl sites for hydroxylation is 2. The number of carbonyl (C=O) groups excluding carboxylic acids is 1. The lowest BCUT2D eigenvalue weighted by Gasteiger charge is -2.21. The van der Waals surface area contributed by atoms with Crippen molar-refractivity contribution in [2.45, 2.75) is 26.4 Å². The van der Waals surface area contributed by atoms with E-state index in [9.17, 15) is 9.90 Å². The summed E-state index contributed by atoms with van der Waals surface area (Å²) in [5.41, 5.74) is 3.30. The van der Waals surface area contributed by atoms with Crippen molar-refractivity contribution in [3.8, 4) is 0 Å². The summed E-state index contributed by atoms with van der Waals surface area (Å²) in [7, 11) is 3.23. The van der Waals surface area contributed by atoms with Crippen molar-refractivity contribution in [1.82, 2.24) is 4.90 Å². The fourth-order valence-electron chi connectivity index (χ4n) is 1.95. The van der Waals surface area contributed by atoms with Gasteiger partial charge in [0.05, 0.1) is 19.1 Å². The number of hydrogen-bond acceptors (Lipinski definition) is 3. The van der Waals surface area contributed by atoms with Gasteiger partial charge in [0, 0.05) is 20.7 Å². The van der Waals surface area contributed by atoms with Crippen molar-refractivity contribution in [1.29, 1.82) is 0 Å². The average Bonchev–Trinajstić information content (AvgIpc) is 2.34. The summed E-state index contributed by atoms with van der Waals surface area (Å²) in [5.74, 6) is 0.00357. The SMILES string of the molecule is COCC(O)CN(C)C(=O)Cc1cc(C)ccc1C. The fourth-order valence-corrected chi connectivity index (χ4v) is 1.95. The summed E-state index contributed by atoms with van der Waals surface area (Å²) >= 11 is 0. The van der Waals surface area contributed by atoms with E-state index in [0.29, 0.717) is 6.42 Å². The first-order chi connectivity index (χ1) is 8.93. The molecule has 1 rings (SSSR count). The Balaban J connectivity index is 2.61. The number of ether oxygens (including phenoxy) is 1. The van der Waals surface area contributed by atoms with Crippen LogP contribution < -0.4 is 0 Å². The molecular formula is C15H23NO3. The molecule has 0 fully saturated rings. The smallest absolute Gasteiger partial charge is 0.226 e. The predicted molar refractivity (Wildman–Crippen MR) is 75.1 cm³/mol. The maximum atomic E-state index is 12.1. The minimum atomic E-state index is -0.641. The lowest BCUT2D eigenvalue weighted by atomic mass is 10.0. The van der Waals surface area contributed by atoms with Gasteiger partial charge in [-0.05, 0) is 25.0 Å². The molecular weight excluding hydrogens is 242 g/mol. The van der Waals surface area contributed by atoms with E-state index in [2.05, 4.69) is 0 Å². The predicted octanol–water partition coefficient (Wildman–Crippen LogP) is 1.31. The van der Waals surface area contributed by atoms with E-state index < -0.39 is 6.10 Å². The highest BCUT2D eigenvalue weighted by Crippen LogP contribution is 2.12. The van der Waals surface area contributed by atoms with Crippen LogP contribution >= 0.6 is 0 Å². The van der Waals surface area contributed by atoms with Gasteiger partial charge in [0.2, 0.25) is 5.91 Å². The van der Waals surface area contributed by atoms with Crippen molar-refractivity contribution < 1.29 is 14.6 Å². The molecule has 19 heavy (non-hydrogen) atoms. The summed E-state index contributed by atoms with van der Waals surface area (Å²) in [6.45, 7) is 4.54.